The van der Waals surface area contributed by atoms with Crippen molar-refractivity contribution in [2.45, 2.75) is 33.6 Å². The Morgan fingerprint density at radius 3 is 2.58 bits per heavy atom. The lowest BCUT2D eigenvalue weighted by molar-refractivity contribution is 0.0952. The monoisotopic (exact) mass is 262 g/mol. The zero-order valence-corrected chi connectivity index (χ0v) is 12.4. The number of benzene rings is 1. The molecule has 0 atom stereocenters. The first-order chi connectivity index (χ1) is 9.17. The zero-order chi connectivity index (χ0) is 14.1. The number of amides is 1. The normalized spacial score (nSPS) is 10.7. The van der Waals surface area contributed by atoms with Gasteiger partial charge >= 0.3 is 0 Å². The molecule has 0 aliphatic heterocycles. The van der Waals surface area contributed by atoms with Crippen molar-refractivity contribution in [3.63, 3.8) is 0 Å². The molecule has 1 aromatic rings. The Balaban J connectivity index is 2.21. The number of nitrogens with one attached hydrogen (secondary N) is 1. The highest BCUT2D eigenvalue weighted by molar-refractivity contribution is 5.94. The van der Waals surface area contributed by atoms with Gasteiger partial charge in [-0.3, -0.25) is 4.79 Å². The topological polar surface area (TPSA) is 32.3 Å². The van der Waals surface area contributed by atoms with E-state index in [1.54, 1.807) is 0 Å². The van der Waals surface area contributed by atoms with Gasteiger partial charge in [0.25, 0.3) is 5.91 Å². The van der Waals surface area contributed by atoms with E-state index in [0.717, 1.165) is 50.1 Å². The quantitative estimate of drug-likeness (QED) is 0.731. The zero-order valence-electron chi connectivity index (χ0n) is 12.4. The van der Waals surface area contributed by atoms with Crippen molar-refractivity contribution in [1.82, 2.24) is 10.2 Å². The first-order valence-electron chi connectivity index (χ1n) is 7.24. The Labute approximate surface area is 117 Å². The van der Waals surface area contributed by atoms with Crippen LogP contribution in [0.2, 0.25) is 0 Å². The Morgan fingerprint density at radius 2 is 1.95 bits per heavy atom. The van der Waals surface area contributed by atoms with Gasteiger partial charge < -0.3 is 10.2 Å². The largest absolute Gasteiger partial charge is 0.352 e. The van der Waals surface area contributed by atoms with E-state index in [-0.39, 0.29) is 5.91 Å². The van der Waals surface area contributed by atoms with Crippen molar-refractivity contribution in [2.24, 2.45) is 0 Å². The summed E-state index contributed by atoms with van der Waals surface area (Å²) >= 11 is 0. The highest BCUT2D eigenvalue weighted by Gasteiger charge is 2.04. The van der Waals surface area contributed by atoms with Crippen LogP contribution in [0.4, 0.5) is 0 Å². The van der Waals surface area contributed by atoms with Gasteiger partial charge in [-0.05, 0) is 51.5 Å². The molecule has 3 nitrogen and oxygen atoms in total. The van der Waals surface area contributed by atoms with E-state index in [1.807, 2.05) is 31.2 Å². The average molecular weight is 262 g/mol. The number of rotatable bonds is 8. The van der Waals surface area contributed by atoms with Gasteiger partial charge in [-0.2, -0.15) is 0 Å². The summed E-state index contributed by atoms with van der Waals surface area (Å²) in [5, 5.41) is 2.98. The third-order valence-corrected chi connectivity index (χ3v) is 3.36. The summed E-state index contributed by atoms with van der Waals surface area (Å²) in [5.74, 6) is 0.0338. The van der Waals surface area contributed by atoms with Gasteiger partial charge in [-0.15, -0.1) is 0 Å². The first kappa shape index (κ1) is 15.7. The molecular weight excluding hydrogens is 236 g/mol. The Hall–Kier alpha value is -1.35. The molecule has 19 heavy (non-hydrogen) atoms. The predicted molar refractivity (Wildman–Crippen MR) is 80.5 cm³/mol. The lowest BCUT2D eigenvalue weighted by Crippen LogP contribution is -2.27. The second-order valence-electron chi connectivity index (χ2n) is 4.86. The van der Waals surface area contributed by atoms with Crippen LogP contribution in [0, 0.1) is 6.92 Å². The van der Waals surface area contributed by atoms with E-state index < -0.39 is 0 Å². The van der Waals surface area contributed by atoms with Crippen molar-refractivity contribution < 1.29 is 4.79 Å². The maximum atomic E-state index is 11.9. The molecule has 1 N–H and O–H groups in total. The van der Waals surface area contributed by atoms with Crippen LogP contribution in [0.15, 0.2) is 24.3 Å². The number of hydrogen-bond donors (Lipinski definition) is 1. The number of carbonyl (C=O) groups is 1. The molecular formula is C16H26N2O. The molecule has 0 heterocycles. The van der Waals surface area contributed by atoms with Crippen molar-refractivity contribution in [3.8, 4) is 0 Å². The summed E-state index contributed by atoms with van der Waals surface area (Å²) in [4.78, 5) is 14.3. The van der Waals surface area contributed by atoms with E-state index in [2.05, 4.69) is 24.1 Å². The van der Waals surface area contributed by atoms with E-state index in [0.29, 0.717) is 0 Å². The van der Waals surface area contributed by atoms with Crippen molar-refractivity contribution in [3.05, 3.63) is 35.4 Å². The SMILES string of the molecule is CCN(CC)CCCCNC(=O)c1cccc(C)c1. The summed E-state index contributed by atoms with van der Waals surface area (Å²) in [5.41, 5.74) is 1.87. The van der Waals surface area contributed by atoms with Crippen LogP contribution in [-0.4, -0.2) is 37.0 Å². The summed E-state index contributed by atoms with van der Waals surface area (Å²) in [6.07, 6.45) is 2.17. The number of nitrogens with zero attached hydrogens (tertiary/aromatic N) is 1. The predicted octanol–water partition coefficient (Wildman–Crippen LogP) is 2.85. The summed E-state index contributed by atoms with van der Waals surface area (Å²) in [6.45, 7) is 10.5. The molecule has 0 bridgehead atoms. The van der Waals surface area contributed by atoms with Crippen LogP contribution in [0.25, 0.3) is 0 Å². The molecule has 106 valence electrons. The summed E-state index contributed by atoms with van der Waals surface area (Å²) in [7, 11) is 0. The number of hydrogen-bond acceptors (Lipinski definition) is 2. The van der Waals surface area contributed by atoms with E-state index in [4.69, 9.17) is 0 Å². The molecule has 1 amide bonds. The Kier molecular flexibility index (Phi) is 7.19. The van der Waals surface area contributed by atoms with Crippen LogP contribution in [-0.2, 0) is 0 Å². The lowest BCUT2D eigenvalue weighted by Gasteiger charge is -2.17. The van der Waals surface area contributed by atoms with Crippen LogP contribution in [0.5, 0.6) is 0 Å². The number of aryl methyl sites for hydroxylation is 1. The summed E-state index contributed by atoms with van der Waals surface area (Å²) < 4.78 is 0. The van der Waals surface area contributed by atoms with E-state index in [1.165, 1.54) is 0 Å². The van der Waals surface area contributed by atoms with Gasteiger partial charge in [0.1, 0.15) is 0 Å². The van der Waals surface area contributed by atoms with Gasteiger partial charge in [0.2, 0.25) is 0 Å². The molecule has 0 aromatic heterocycles. The highest BCUT2D eigenvalue weighted by atomic mass is 16.1. The maximum absolute atomic E-state index is 11.9. The molecule has 3 heteroatoms. The minimum atomic E-state index is 0.0338. The van der Waals surface area contributed by atoms with Gasteiger partial charge in [0.15, 0.2) is 0 Å². The molecule has 0 fully saturated rings. The van der Waals surface area contributed by atoms with Crippen LogP contribution in [0.3, 0.4) is 0 Å². The molecule has 1 aromatic carbocycles. The number of unbranched alkanes of at least 4 members (excludes halogenated alkanes) is 1. The third-order valence-electron chi connectivity index (χ3n) is 3.36. The molecule has 0 unspecified atom stereocenters. The van der Waals surface area contributed by atoms with Gasteiger partial charge in [-0.25, -0.2) is 0 Å². The lowest BCUT2D eigenvalue weighted by atomic mass is 10.1. The minimum Gasteiger partial charge on any atom is -0.352 e. The van der Waals surface area contributed by atoms with E-state index >= 15 is 0 Å². The highest BCUT2D eigenvalue weighted by Crippen LogP contribution is 2.03. The Bertz CT molecular complexity index is 386. The molecule has 0 aliphatic rings. The smallest absolute Gasteiger partial charge is 0.251 e. The molecule has 0 spiro atoms. The Morgan fingerprint density at radius 1 is 1.21 bits per heavy atom. The van der Waals surface area contributed by atoms with E-state index in [9.17, 15) is 4.79 Å². The van der Waals surface area contributed by atoms with Crippen LogP contribution in [0.1, 0.15) is 42.6 Å². The van der Waals surface area contributed by atoms with Crippen molar-refractivity contribution in [1.29, 1.82) is 0 Å². The van der Waals surface area contributed by atoms with Crippen LogP contribution < -0.4 is 5.32 Å². The molecule has 0 saturated heterocycles. The first-order valence-corrected chi connectivity index (χ1v) is 7.24. The van der Waals surface area contributed by atoms with Crippen molar-refractivity contribution in [2.75, 3.05) is 26.2 Å². The minimum absolute atomic E-state index is 0.0338. The molecule has 1 rings (SSSR count). The fourth-order valence-electron chi connectivity index (χ4n) is 2.09. The molecule has 0 radical (unpaired) electrons. The second-order valence-corrected chi connectivity index (χ2v) is 4.86. The molecule has 0 saturated carbocycles. The van der Waals surface area contributed by atoms with Crippen LogP contribution >= 0.6 is 0 Å². The third kappa shape index (κ3) is 5.88. The van der Waals surface area contributed by atoms with Gasteiger partial charge in [0, 0.05) is 12.1 Å². The maximum Gasteiger partial charge on any atom is 0.251 e. The summed E-state index contributed by atoms with van der Waals surface area (Å²) in [6, 6.07) is 7.70. The standard InChI is InChI=1S/C16H26N2O/c1-4-18(5-2)12-7-6-11-17-16(19)15-10-8-9-14(3)13-15/h8-10,13H,4-7,11-12H2,1-3H3,(H,17,19). The number of carbonyl (C=O) groups excluding carboxylic acids is 1. The molecule has 0 aliphatic carbocycles. The van der Waals surface area contributed by atoms with Gasteiger partial charge in [-0.1, -0.05) is 31.5 Å². The average Bonchev–Trinajstić information content (AvgIpc) is 2.42. The fraction of sp³-hybridized carbons (Fsp3) is 0.562. The van der Waals surface area contributed by atoms with Crippen molar-refractivity contribution >= 4 is 5.91 Å². The van der Waals surface area contributed by atoms with Gasteiger partial charge in [0.05, 0.1) is 0 Å². The second kappa shape index (κ2) is 8.70. The fourth-order valence-corrected chi connectivity index (χ4v) is 2.09.